The van der Waals surface area contributed by atoms with Crippen molar-refractivity contribution in [1.82, 2.24) is 20.2 Å². The number of nitrogens with two attached hydrogens (primary N) is 1. The van der Waals surface area contributed by atoms with Gasteiger partial charge < -0.3 is 20.3 Å². The van der Waals surface area contributed by atoms with Crippen molar-refractivity contribution in [1.29, 1.82) is 0 Å². The lowest BCUT2D eigenvalue weighted by atomic mass is 9.94. The number of hydrogen-bond acceptors (Lipinski definition) is 7. The molecule has 1 atom stereocenters. The first-order chi connectivity index (χ1) is 23.2. The summed E-state index contributed by atoms with van der Waals surface area (Å²) < 4.78 is 117. The quantitative estimate of drug-likeness (QED) is 0.121. The number of fused-ring (bicyclic) bond motifs is 1. The Morgan fingerprint density at radius 1 is 0.939 bits per heavy atom. The van der Waals surface area contributed by atoms with Crippen LogP contribution in [0.15, 0.2) is 60.7 Å². The van der Waals surface area contributed by atoms with Crippen LogP contribution in [0.2, 0.25) is 0 Å². The van der Waals surface area contributed by atoms with Crippen molar-refractivity contribution in [3.8, 4) is 0 Å². The number of rotatable bonds is 12. The highest BCUT2D eigenvalue weighted by atomic mass is 19.4. The van der Waals surface area contributed by atoms with Gasteiger partial charge in [0.1, 0.15) is 0 Å². The van der Waals surface area contributed by atoms with E-state index in [0.29, 0.717) is 55.9 Å². The van der Waals surface area contributed by atoms with Gasteiger partial charge in [0.2, 0.25) is 0 Å². The number of aryl methyl sites for hydroxylation is 1. The first kappa shape index (κ1) is 36.0. The van der Waals surface area contributed by atoms with Gasteiger partial charge in [-0.2, -0.15) is 31.1 Å². The van der Waals surface area contributed by atoms with Gasteiger partial charge in [0, 0.05) is 37.4 Å². The van der Waals surface area contributed by atoms with Crippen molar-refractivity contribution >= 4 is 11.6 Å². The molecule has 49 heavy (non-hydrogen) atoms. The van der Waals surface area contributed by atoms with Crippen molar-refractivity contribution in [3.05, 3.63) is 99.6 Å². The molecule has 0 amide bonds. The van der Waals surface area contributed by atoms with Crippen molar-refractivity contribution < 1.29 is 39.9 Å². The van der Waals surface area contributed by atoms with Crippen molar-refractivity contribution in [2.75, 3.05) is 36.0 Å². The monoisotopic (exact) mass is 697 g/mol. The third kappa shape index (κ3) is 8.84. The van der Waals surface area contributed by atoms with E-state index in [1.54, 1.807) is 6.07 Å². The van der Waals surface area contributed by atoms with Crippen LogP contribution in [0.4, 0.5) is 46.8 Å². The third-order valence-corrected chi connectivity index (χ3v) is 8.28. The van der Waals surface area contributed by atoms with E-state index < -0.39 is 42.5 Å². The molecular weight excluding hydrogens is 662 g/mol. The molecular formula is C33H35F8N7O. The summed E-state index contributed by atoms with van der Waals surface area (Å²) in [6.45, 7) is 2.72. The highest BCUT2D eigenvalue weighted by Gasteiger charge is 2.38. The minimum Gasteiger partial charge on any atom is -0.375 e. The molecule has 1 aliphatic heterocycles. The lowest BCUT2D eigenvalue weighted by molar-refractivity contribution is -0.143. The van der Waals surface area contributed by atoms with Crippen LogP contribution in [0.1, 0.15) is 64.3 Å². The Labute approximate surface area is 277 Å². The predicted octanol–water partition coefficient (Wildman–Crippen LogP) is 7.48. The number of aromatic nitrogens is 4. The predicted molar refractivity (Wildman–Crippen MR) is 166 cm³/mol. The van der Waals surface area contributed by atoms with Crippen LogP contribution < -0.4 is 15.5 Å². The Bertz CT molecular complexity index is 1660. The summed E-state index contributed by atoms with van der Waals surface area (Å²) >= 11 is 0. The zero-order valence-electron chi connectivity index (χ0n) is 26.5. The molecule has 0 saturated carbocycles. The maximum Gasteiger partial charge on any atom is 0.416 e. The largest absolute Gasteiger partial charge is 0.416 e. The number of anilines is 2. The SMILES string of the molecule is Cc1cc2c(cc1C(F)F)N(CCOCc1ccccc1)CCC[C@@H]2N(Cc1cc(C(F)(F)F)cc(C(F)(F)F)c1)c1nnn(CCN)n1. The normalized spacial score (nSPS) is 15.4. The van der Waals surface area contributed by atoms with E-state index in [1.807, 2.05) is 35.2 Å². The molecule has 0 saturated heterocycles. The van der Waals surface area contributed by atoms with Gasteiger partial charge in [-0.1, -0.05) is 41.5 Å². The molecule has 2 heterocycles. The Kier molecular flexibility index (Phi) is 11.1. The molecule has 1 aliphatic rings. The third-order valence-electron chi connectivity index (χ3n) is 8.28. The van der Waals surface area contributed by atoms with Crippen LogP contribution in [0.25, 0.3) is 0 Å². The number of benzene rings is 3. The first-order valence-electron chi connectivity index (χ1n) is 15.6. The summed E-state index contributed by atoms with van der Waals surface area (Å²) in [5.74, 6) is -0.0643. The maximum atomic E-state index is 14.2. The molecule has 0 radical (unpaired) electrons. The van der Waals surface area contributed by atoms with Crippen molar-refractivity contribution in [3.63, 3.8) is 0 Å². The van der Waals surface area contributed by atoms with Crippen LogP contribution in [-0.2, 0) is 36.8 Å². The van der Waals surface area contributed by atoms with E-state index in [0.717, 1.165) is 5.56 Å². The number of halogens is 8. The molecule has 0 fully saturated rings. The molecule has 0 bridgehead atoms. The highest BCUT2D eigenvalue weighted by molar-refractivity contribution is 5.62. The van der Waals surface area contributed by atoms with Crippen molar-refractivity contribution in [2.24, 2.45) is 5.73 Å². The zero-order valence-corrected chi connectivity index (χ0v) is 26.5. The van der Waals surface area contributed by atoms with Gasteiger partial charge in [-0.25, -0.2) is 8.78 Å². The van der Waals surface area contributed by atoms with Crippen molar-refractivity contribution in [2.45, 2.75) is 64.3 Å². The highest BCUT2D eigenvalue weighted by Crippen LogP contribution is 2.43. The lowest BCUT2D eigenvalue weighted by Crippen LogP contribution is -2.31. The van der Waals surface area contributed by atoms with Crippen LogP contribution in [-0.4, -0.2) is 46.4 Å². The van der Waals surface area contributed by atoms with Crippen LogP contribution in [0, 0.1) is 6.92 Å². The molecule has 2 N–H and O–H groups in total. The molecule has 5 rings (SSSR count). The number of alkyl halides is 8. The number of ether oxygens (including phenoxy) is 1. The lowest BCUT2D eigenvalue weighted by Gasteiger charge is -2.33. The number of tetrazole rings is 1. The Morgan fingerprint density at radius 3 is 2.27 bits per heavy atom. The van der Waals surface area contributed by atoms with Gasteiger partial charge in [0.25, 0.3) is 12.4 Å². The maximum absolute atomic E-state index is 14.2. The minimum absolute atomic E-state index is 0.0643. The van der Waals surface area contributed by atoms with Crippen LogP contribution in [0.5, 0.6) is 0 Å². The Hall–Kier alpha value is -4.31. The number of nitrogens with zero attached hydrogens (tertiary/aromatic N) is 6. The van der Waals surface area contributed by atoms with E-state index in [2.05, 4.69) is 15.4 Å². The van der Waals surface area contributed by atoms with E-state index in [4.69, 9.17) is 10.5 Å². The molecule has 8 nitrogen and oxygen atoms in total. The molecule has 16 heteroatoms. The summed E-state index contributed by atoms with van der Waals surface area (Å²) in [6, 6.07) is 13.1. The van der Waals surface area contributed by atoms with Gasteiger partial charge in [0.15, 0.2) is 0 Å². The fourth-order valence-electron chi connectivity index (χ4n) is 5.94. The fraction of sp³-hybridized carbons (Fsp3) is 0.424. The Balaban J connectivity index is 1.56. The molecule has 1 aromatic heterocycles. The van der Waals surface area contributed by atoms with Crippen LogP contribution >= 0.6 is 0 Å². The average molecular weight is 698 g/mol. The minimum atomic E-state index is -5.05. The second-order valence-electron chi connectivity index (χ2n) is 11.8. The molecule has 0 spiro atoms. The second-order valence-corrected chi connectivity index (χ2v) is 11.8. The molecule has 264 valence electrons. The van der Waals surface area contributed by atoms with E-state index >= 15 is 0 Å². The average Bonchev–Trinajstić information content (AvgIpc) is 3.44. The van der Waals surface area contributed by atoms with Crippen LogP contribution in [0.3, 0.4) is 0 Å². The molecule has 0 unspecified atom stereocenters. The van der Waals surface area contributed by atoms with Gasteiger partial charge in [-0.15, -0.1) is 5.10 Å². The topological polar surface area (TPSA) is 85.3 Å². The standard InChI is InChI=1S/C33H35F8N7O/c1-21-14-27-28(8-5-10-46(29(27)18-26(21)30(34)35)12-13-49-20-22-6-3-2-4-7-22)47(31-43-45-48(44-31)11-9-42)19-23-15-24(32(36,37)38)17-25(16-23)33(39,40)41/h2-4,6-7,14-18,28,30H,5,8-13,19-20,42H2,1H3/t28-/m0/s1. The van der Waals surface area contributed by atoms with E-state index in [-0.39, 0.29) is 48.4 Å². The smallest absolute Gasteiger partial charge is 0.375 e. The Morgan fingerprint density at radius 2 is 1.63 bits per heavy atom. The summed E-state index contributed by atoms with van der Waals surface area (Å²) in [4.78, 5) is 4.56. The summed E-state index contributed by atoms with van der Waals surface area (Å²) in [5, 5.41) is 12.4. The second kappa shape index (κ2) is 15.1. The molecule has 3 aromatic carbocycles. The zero-order chi connectivity index (χ0) is 35.3. The molecule has 0 aliphatic carbocycles. The van der Waals surface area contributed by atoms with Gasteiger partial charge in [0.05, 0.1) is 36.9 Å². The van der Waals surface area contributed by atoms with E-state index in [9.17, 15) is 35.1 Å². The van der Waals surface area contributed by atoms with Gasteiger partial charge in [-0.3, -0.25) is 0 Å². The summed E-state index contributed by atoms with van der Waals surface area (Å²) in [7, 11) is 0. The summed E-state index contributed by atoms with van der Waals surface area (Å²) in [6.07, 6.45) is -12.1. The first-order valence-corrected chi connectivity index (χ1v) is 15.6. The number of hydrogen-bond donors (Lipinski definition) is 1. The van der Waals surface area contributed by atoms with E-state index in [1.165, 1.54) is 22.7 Å². The van der Waals surface area contributed by atoms with Gasteiger partial charge in [-0.05, 0) is 71.5 Å². The molecule has 4 aromatic rings. The van der Waals surface area contributed by atoms with Gasteiger partial charge >= 0.3 is 12.4 Å². The summed E-state index contributed by atoms with van der Waals surface area (Å²) in [5.41, 5.74) is 4.45. The fourth-order valence-corrected chi connectivity index (χ4v) is 5.94.